The van der Waals surface area contributed by atoms with E-state index in [2.05, 4.69) is 10.3 Å². The average molecular weight is 287 g/mol. The Labute approximate surface area is 120 Å². The molecule has 0 unspecified atom stereocenters. The third-order valence-electron chi connectivity index (χ3n) is 2.39. The number of carboxylic acid groups (broad SMARTS) is 1. The molecule has 0 aliphatic carbocycles. The van der Waals surface area contributed by atoms with Gasteiger partial charge < -0.3 is 15.2 Å². The van der Waals surface area contributed by atoms with Gasteiger partial charge in [0.2, 0.25) is 5.91 Å². The summed E-state index contributed by atoms with van der Waals surface area (Å²) in [7, 11) is 0. The van der Waals surface area contributed by atoms with Crippen molar-refractivity contribution in [1.82, 2.24) is 4.98 Å². The molecule has 0 radical (unpaired) electrons. The summed E-state index contributed by atoms with van der Waals surface area (Å²) in [6.45, 7) is 0. The zero-order valence-electron chi connectivity index (χ0n) is 10.4. The maximum absolute atomic E-state index is 11.7. The minimum atomic E-state index is -1.30. The first kappa shape index (κ1) is 14.1. The largest absolute Gasteiger partial charge is 0.545 e. The average Bonchev–Trinajstić information content (AvgIpc) is 2.46. The number of nitrogens with one attached hydrogen (secondary N) is 1. The molecule has 0 aliphatic heterocycles. The molecule has 1 heterocycles. The molecule has 0 fully saturated rings. The Morgan fingerprint density at radius 1 is 1.15 bits per heavy atom. The number of hydrogen-bond acceptors (Lipinski definition) is 5. The van der Waals surface area contributed by atoms with Crippen molar-refractivity contribution < 1.29 is 14.7 Å². The van der Waals surface area contributed by atoms with Crippen LogP contribution in [0.5, 0.6) is 0 Å². The smallest absolute Gasteiger partial charge is 0.234 e. The minimum absolute atomic E-state index is 0.00925. The Hall–Kier alpha value is -2.34. The van der Waals surface area contributed by atoms with E-state index in [1.807, 2.05) is 18.2 Å². The van der Waals surface area contributed by atoms with Gasteiger partial charge in [0.25, 0.3) is 0 Å². The number of hydrogen-bond donors (Lipinski definition) is 1. The van der Waals surface area contributed by atoms with Gasteiger partial charge in [0.1, 0.15) is 5.03 Å². The van der Waals surface area contributed by atoms with Crippen LogP contribution in [0.3, 0.4) is 0 Å². The van der Waals surface area contributed by atoms with E-state index in [0.29, 0.717) is 5.69 Å². The molecule has 5 nitrogen and oxygen atoms in total. The summed E-state index contributed by atoms with van der Waals surface area (Å²) >= 11 is 1.06. The fourth-order valence-electron chi connectivity index (χ4n) is 1.51. The monoisotopic (exact) mass is 287 g/mol. The van der Waals surface area contributed by atoms with Crippen molar-refractivity contribution in [2.24, 2.45) is 0 Å². The topological polar surface area (TPSA) is 82.1 Å². The molecule has 102 valence electrons. The van der Waals surface area contributed by atoms with Crippen LogP contribution < -0.4 is 10.4 Å². The van der Waals surface area contributed by atoms with E-state index < -0.39 is 5.97 Å². The van der Waals surface area contributed by atoms with E-state index in [9.17, 15) is 14.7 Å². The van der Waals surface area contributed by atoms with Gasteiger partial charge in [-0.05, 0) is 24.3 Å². The Morgan fingerprint density at radius 3 is 2.60 bits per heavy atom. The molecule has 0 bridgehead atoms. The highest BCUT2D eigenvalue weighted by Crippen LogP contribution is 2.19. The lowest BCUT2D eigenvalue weighted by atomic mass is 10.3. The summed E-state index contributed by atoms with van der Waals surface area (Å²) in [4.78, 5) is 26.6. The lowest BCUT2D eigenvalue weighted by molar-refractivity contribution is -0.255. The van der Waals surface area contributed by atoms with E-state index in [1.54, 1.807) is 12.1 Å². The number of amides is 1. The van der Waals surface area contributed by atoms with Crippen molar-refractivity contribution >= 4 is 29.3 Å². The lowest BCUT2D eigenvalue weighted by Gasteiger charge is -2.08. The molecule has 0 spiro atoms. The van der Waals surface area contributed by atoms with Crippen molar-refractivity contribution in [3.05, 3.63) is 54.2 Å². The second-order valence-corrected chi connectivity index (χ2v) is 4.81. The highest BCUT2D eigenvalue weighted by molar-refractivity contribution is 8.00. The minimum Gasteiger partial charge on any atom is -0.545 e. The van der Waals surface area contributed by atoms with Gasteiger partial charge in [-0.1, -0.05) is 30.0 Å². The predicted molar refractivity (Wildman–Crippen MR) is 74.4 cm³/mol. The number of benzene rings is 1. The Morgan fingerprint density at radius 2 is 1.90 bits per heavy atom. The molecule has 20 heavy (non-hydrogen) atoms. The zero-order valence-corrected chi connectivity index (χ0v) is 11.2. The van der Waals surface area contributed by atoms with Crippen molar-refractivity contribution in [3.8, 4) is 0 Å². The van der Waals surface area contributed by atoms with E-state index in [1.165, 1.54) is 18.3 Å². The van der Waals surface area contributed by atoms with Gasteiger partial charge in [0, 0.05) is 17.4 Å². The van der Waals surface area contributed by atoms with Gasteiger partial charge in [-0.2, -0.15) is 0 Å². The SMILES string of the molecule is O=C(CSc1ncccc1C(=O)[O-])Nc1ccccc1. The number of nitrogens with zero attached hydrogens (tertiary/aromatic N) is 1. The number of rotatable bonds is 5. The van der Waals surface area contributed by atoms with E-state index in [-0.39, 0.29) is 22.2 Å². The van der Waals surface area contributed by atoms with Gasteiger partial charge in [-0.3, -0.25) is 4.79 Å². The number of carbonyl (C=O) groups excluding carboxylic acids is 2. The van der Waals surface area contributed by atoms with Crippen LogP contribution >= 0.6 is 11.8 Å². The molecule has 1 N–H and O–H groups in total. The lowest BCUT2D eigenvalue weighted by Crippen LogP contribution is -2.23. The Balaban J connectivity index is 1.96. The number of anilines is 1. The standard InChI is InChI=1S/C14H12N2O3S/c17-12(16-10-5-2-1-3-6-10)9-20-13-11(14(18)19)7-4-8-15-13/h1-8H,9H2,(H,16,17)(H,18,19)/p-1. The van der Waals surface area contributed by atoms with Gasteiger partial charge in [0.15, 0.2) is 0 Å². The molecule has 1 aromatic heterocycles. The summed E-state index contributed by atoms with van der Waals surface area (Å²) < 4.78 is 0. The van der Waals surface area contributed by atoms with E-state index in [0.717, 1.165) is 11.8 Å². The van der Waals surface area contributed by atoms with Crippen molar-refractivity contribution in [2.75, 3.05) is 11.1 Å². The zero-order chi connectivity index (χ0) is 14.4. The molecule has 1 aromatic carbocycles. The van der Waals surface area contributed by atoms with Crippen LogP contribution in [-0.2, 0) is 4.79 Å². The first-order chi connectivity index (χ1) is 9.66. The number of para-hydroxylation sites is 1. The molecule has 0 atom stereocenters. The van der Waals surface area contributed by atoms with Crippen molar-refractivity contribution in [1.29, 1.82) is 0 Å². The molecule has 0 saturated carbocycles. The number of carboxylic acids is 1. The van der Waals surface area contributed by atoms with Crippen LogP contribution in [0.2, 0.25) is 0 Å². The Kier molecular flexibility index (Phi) is 4.73. The molecule has 0 saturated heterocycles. The highest BCUT2D eigenvalue weighted by Gasteiger charge is 2.08. The second kappa shape index (κ2) is 6.72. The van der Waals surface area contributed by atoms with Crippen molar-refractivity contribution in [3.63, 3.8) is 0 Å². The van der Waals surface area contributed by atoms with Crippen molar-refractivity contribution in [2.45, 2.75) is 5.03 Å². The summed E-state index contributed by atoms with van der Waals surface area (Å²) in [5.41, 5.74) is 0.684. The quantitative estimate of drug-likeness (QED) is 0.835. The van der Waals surface area contributed by atoms with Gasteiger partial charge in [-0.25, -0.2) is 4.98 Å². The molecule has 6 heteroatoms. The van der Waals surface area contributed by atoms with Crippen LogP contribution in [0.15, 0.2) is 53.7 Å². The van der Waals surface area contributed by atoms with Gasteiger partial charge in [-0.15, -0.1) is 0 Å². The number of aromatic nitrogens is 1. The highest BCUT2D eigenvalue weighted by atomic mass is 32.2. The first-order valence-corrected chi connectivity index (χ1v) is 6.79. The van der Waals surface area contributed by atoms with Crippen LogP contribution in [0.1, 0.15) is 10.4 Å². The molecular weight excluding hydrogens is 276 g/mol. The maximum atomic E-state index is 11.7. The first-order valence-electron chi connectivity index (χ1n) is 5.81. The normalized spacial score (nSPS) is 10.0. The molecule has 2 rings (SSSR count). The third-order valence-corrected chi connectivity index (χ3v) is 3.39. The summed E-state index contributed by atoms with van der Waals surface area (Å²) in [5, 5.41) is 13.9. The van der Waals surface area contributed by atoms with Crippen LogP contribution in [0.25, 0.3) is 0 Å². The molecule has 0 aliphatic rings. The summed E-state index contributed by atoms with van der Waals surface area (Å²) in [5.74, 6) is -1.45. The van der Waals surface area contributed by atoms with Crippen LogP contribution in [0.4, 0.5) is 5.69 Å². The maximum Gasteiger partial charge on any atom is 0.234 e. The number of thioether (sulfide) groups is 1. The number of aromatic carboxylic acids is 1. The molecule has 1 amide bonds. The number of carbonyl (C=O) groups is 2. The van der Waals surface area contributed by atoms with Crippen LogP contribution in [-0.4, -0.2) is 22.6 Å². The molecule has 2 aromatic rings. The predicted octanol–water partition coefficient (Wildman–Crippen LogP) is 1.18. The third kappa shape index (κ3) is 3.83. The van der Waals surface area contributed by atoms with E-state index in [4.69, 9.17) is 0 Å². The second-order valence-electron chi connectivity index (χ2n) is 3.85. The number of pyridine rings is 1. The van der Waals surface area contributed by atoms with Gasteiger partial charge in [0.05, 0.1) is 11.7 Å². The summed E-state index contributed by atoms with van der Waals surface area (Å²) in [6.07, 6.45) is 1.48. The fraction of sp³-hybridized carbons (Fsp3) is 0.0714. The van der Waals surface area contributed by atoms with E-state index >= 15 is 0 Å². The van der Waals surface area contributed by atoms with Gasteiger partial charge >= 0.3 is 0 Å². The molecular formula is C14H11N2O3S-. The Bertz CT molecular complexity index is 617. The summed E-state index contributed by atoms with van der Waals surface area (Å²) in [6, 6.07) is 11.9. The fourth-order valence-corrected chi connectivity index (χ4v) is 2.30. The van der Waals surface area contributed by atoms with Crippen LogP contribution in [0, 0.1) is 0 Å².